The zero-order chi connectivity index (χ0) is 16.1. The minimum Gasteiger partial charge on any atom is -0.467 e. The van der Waals surface area contributed by atoms with Gasteiger partial charge in [0.1, 0.15) is 5.76 Å². The number of hydrogen-bond donors (Lipinski definition) is 0. The number of ether oxygens (including phenoxy) is 1. The third kappa shape index (κ3) is 4.32. The van der Waals surface area contributed by atoms with E-state index in [1.54, 1.807) is 18.3 Å². The molecule has 1 aliphatic carbocycles. The van der Waals surface area contributed by atoms with E-state index in [4.69, 9.17) is 9.15 Å². The van der Waals surface area contributed by atoms with E-state index in [2.05, 4.69) is 15.5 Å². The topological polar surface area (TPSA) is 86.3 Å². The van der Waals surface area contributed by atoms with Crippen LogP contribution in [0.3, 0.4) is 0 Å². The van der Waals surface area contributed by atoms with Crippen molar-refractivity contribution in [1.29, 1.82) is 0 Å². The molecule has 2 aromatic rings. The summed E-state index contributed by atoms with van der Waals surface area (Å²) < 4.78 is 12.2. The Kier molecular flexibility index (Phi) is 5.29. The van der Waals surface area contributed by atoms with Crippen LogP contribution in [0.4, 0.5) is 0 Å². The number of hydrogen-bond acceptors (Lipinski definition) is 7. The third-order valence-corrected chi connectivity index (χ3v) is 4.44. The molecule has 0 spiro atoms. The molecule has 0 radical (unpaired) electrons. The van der Waals surface area contributed by atoms with Crippen LogP contribution in [-0.2, 0) is 16.1 Å². The molecule has 0 saturated heterocycles. The molecule has 124 valence electrons. The summed E-state index contributed by atoms with van der Waals surface area (Å²) in [7, 11) is 1.62. The van der Waals surface area contributed by atoms with Gasteiger partial charge in [-0.15, -0.1) is 5.10 Å². The largest absolute Gasteiger partial charge is 0.467 e. The van der Waals surface area contributed by atoms with Crippen LogP contribution in [-0.4, -0.2) is 57.0 Å². The number of methoxy groups -OCH3 is 1. The zero-order valence-electron chi connectivity index (χ0n) is 12.9. The van der Waals surface area contributed by atoms with E-state index in [1.165, 1.54) is 11.8 Å². The van der Waals surface area contributed by atoms with Gasteiger partial charge in [-0.25, -0.2) is 4.68 Å². The highest BCUT2D eigenvalue weighted by atomic mass is 32.2. The SMILES string of the molecule is COCCN(Cc1ccco1)C(=O)CSc1nnnn1C1CC1. The summed E-state index contributed by atoms with van der Waals surface area (Å²) >= 11 is 1.37. The van der Waals surface area contributed by atoms with Crippen LogP contribution in [0, 0.1) is 0 Å². The van der Waals surface area contributed by atoms with Gasteiger partial charge in [0, 0.05) is 13.7 Å². The van der Waals surface area contributed by atoms with Crippen LogP contribution in [0.5, 0.6) is 0 Å². The second kappa shape index (κ2) is 7.60. The number of carbonyl (C=O) groups excluding carboxylic acids is 1. The molecule has 23 heavy (non-hydrogen) atoms. The first-order valence-electron chi connectivity index (χ1n) is 7.47. The molecule has 2 heterocycles. The highest BCUT2D eigenvalue weighted by molar-refractivity contribution is 7.99. The van der Waals surface area contributed by atoms with Gasteiger partial charge < -0.3 is 14.1 Å². The van der Waals surface area contributed by atoms with Crippen LogP contribution in [0.25, 0.3) is 0 Å². The molecular formula is C14H19N5O3S. The fraction of sp³-hybridized carbons (Fsp3) is 0.571. The summed E-state index contributed by atoms with van der Waals surface area (Å²) in [5, 5.41) is 12.4. The maximum Gasteiger partial charge on any atom is 0.233 e. The van der Waals surface area contributed by atoms with Gasteiger partial charge >= 0.3 is 0 Å². The minimum absolute atomic E-state index is 0.00815. The summed E-state index contributed by atoms with van der Waals surface area (Å²) in [4.78, 5) is 14.2. The van der Waals surface area contributed by atoms with Gasteiger partial charge in [0.25, 0.3) is 0 Å². The van der Waals surface area contributed by atoms with Crippen molar-refractivity contribution in [2.45, 2.75) is 30.6 Å². The van der Waals surface area contributed by atoms with Gasteiger partial charge in [-0.2, -0.15) is 0 Å². The molecule has 8 nitrogen and oxygen atoms in total. The number of tetrazole rings is 1. The van der Waals surface area contributed by atoms with Crippen molar-refractivity contribution in [2.75, 3.05) is 26.0 Å². The molecule has 0 atom stereocenters. The Morgan fingerprint density at radius 1 is 1.57 bits per heavy atom. The summed E-state index contributed by atoms with van der Waals surface area (Å²) in [6.07, 6.45) is 3.81. The molecule has 0 unspecified atom stereocenters. The Hall–Kier alpha value is -1.87. The fourth-order valence-electron chi connectivity index (χ4n) is 2.13. The fourth-order valence-corrected chi connectivity index (χ4v) is 2.98. The van der Waals surface area contributed by atoms with Crippen LogP contribution in [0.2, 0.25) is 0 Å². The van der Waals surface area contributed by atoms with Crippen molar-refractivity contribution in [3.8, 4) is 0 Å². The molecule has 1 fully saturated rings. The third-order valence-electron chi connectivity index (χ3n) is 3.52. The number of rotatable bonds is 9. The van der Waals surface area contributed by atoms with Crippen molar-refractivity contribution < 1.29 is 13.9 Å². The number of thioether (sulfide) groups is 1. The van der Waals surface area contributed by atoms with Gasteiger partial charge in [0.15, 0.2) is 0 Å². The maximum atomic E-state index is 12.5. The molecule has 0 bridgehead atoms. The lowest BCUT2D eigenvalue weighted by Gasteiger charge is -2.21. The second-order valence-corrected chi connectivity index (χ2v) is 6.26. The van der Waals surface area contributed by atoms with Crippen molar-refractivity contribution >= 4 is 17.7 Å². The first kappa shape index (κ1) is 16.0. The number of carbonyl (C=O) groups is 1. The van der Waals surface area contributed by atoms with Gasteiger partial charge in [-0.1, -0.05) is 11.8 Å². The van der Waals surface area contributed by atoms with Crippen LogP contribution >= 0.6 is 11.8 Å². The maximum absolute atomic E-state index is 12.5. The monoisotopic (exact) mass is 337 g/mol. The molecular weight excluding hydrogens is 318 g/mol. The quantitative estimate of drug-likeness (QED) is 0.639. The predicted molar refractivity (Wildman–Crippen MR) is 82.8 cm³/mol. The predicted octanol–water partition coefficient (Wildman–Crippen LogP) is 1.37. The number of aromatic nitrogens is 4. The van der Waals surface area contributed by atoms with E-state index in [0.717, 1.165) is 18.6 Å². The average Bonchev–Trinajstić information content (AvgIpc) is 3.08. The van der Waals surface area contributed by atoms with E-state index in [9.17, 15) is 4.79 Å². The Morgan fingerprint density at radius 2 is 2.43 bits per heavy atom. The van der Waals surface area contributed by atoms with Gasteiger partial charge in [-0.05, 0) is 35.4 Å². The lowest BCUT2D eigenvalue weighted by molar-refractivity contribution is -0.129. The van der Waals surface area contributed by atoms with E-state index >= 15 is 0 Å². The first-order chi connectivity index (χ1) is 11.3. The van der Waals surface area contributed by atoms with E-state index in [-0.39, 0.29) is 11.7 Å². The molecule has 3 rings (SSSR count). The molecule has 1 aliphatic rings. The van der Waals surface area contributed by atoms with Crippen molar-refractivity contribution in [1.82, 2.24) is 25.1 Å². The van der Waals surface area contributed by atoms with Crippen LogP contribution in [0.15, 0.2) is 28.0 Å². The normalized spacial score (nSPS) is 14.1. The van der Waals surface area contributed by atoms with Crippen molar-refractivity contribution in [3.05, 3.63) is 24.2 Å². The first-order valence-corrected chi connectivity index (χ1v) is 8.46. The zero-order valence-corrected chi connectivity index (χ0v) is 13.7. The Morgan fingerprint density at radius 3 is 3.13 bits per heavy atom. The van der Waals surface area contributed by atoms with E-state index in [0.29, 0.717) is 30.9 Å². The summed E-state index contributed by atoms with van der Waals surface area (Å²) in [5.74, 6) is 1.05. The van der Waals surface area contributed by atoms with Gasteiger partial charge in [0.2, 0.25) is 11.1 Å². The van der Waals surface area contributed by atoms with Crippen LogP contribution in [0.1, 0.15) is 24.6 Å². The minimum atomic E-state index is 0.00815. The molecule has 1 saturated carbocycles. The lowest BCUT2D eigenvalue weighted by Crippen LogP contribution is -2.34. The standard InChI is InChI=1S/C14H19N5O3S/c1-21-8-6-18(9-12-3-2-7-22-12)13(20)10-23-14-15-16-17-19(14)11-4-5-11/h2-3,7,11H,4-6,8-10H2,1H3. The van der Waals surface area contributed by atoms with Gasteiger partial charge in [-0.3, -0.25) is 4.79 Å². The molecule has 2 aromatic heterocycles. The van der Waals surface area contributed by atoms with E-state index < -0.39 is 0 Å². The molecule has 0 aliphatic heterocycles. The second-order valence-electron chi connectivity index (χ2n) is 5.31. The summed E-state index contributed by atoms with van der Waals surface area (Å²) in [5.41, 5.74) is 0. The Balaban J connectivity index is 1.57. The van der Waals surface area contributed by atoms with Crippen molar-refractivity contribution in [2.24, 2.45) is 0 Å². The molecule has 0 N–H and O–H groups in total. The Labute approximate surface area is 138 Å². The average molecular weight is 337 g/mol. The highest BCUT2D eigenvalue weighted by Gasteiger charge is 2.28. The van der Waals surface area contributed by atoms with Crippen LogP contribution < -0.4 is 0 Å². The molecule has 0 aromatic carbocycles. The summed E-state index contributed by atoms with van der Waals surface area (Å²) in [6.45, 7) is 1.43. The Bertz CT molecular complexity index is 626. The number of amides is 1. The lowest BCUT2D eigenvalue weighted by atomic mass is 10.4. The highest BCUT2D eigenvalue weighted by Crippen LogP contribution is 2.36. The summed E-state index contributed by atoms with van der Waals surface area (Å²) in [6, 6.07) is 4.07. The van der Waals surface area contributed by atoms with E-state index in [1.807, 2.05) is 16.8 Å². The smallest absolute Gasteiger partial charge is 0.233 e. The number of nitrogens with zero attached hydrogens (tertiary/aromatic N) is 5. The molecule has 9 heteroatoms. The molecule has 1 amide bonds. The van der Waals surface area contributed by atoms with Gasteiger partial charge in [0.05, 0.1) is 31.2 Å². The van der Waals surface area contributed by atoms with Crippen molar-refractivity contribution in [3.63, 3.8) is 0 Å². The number of furan rings is 1.